The maximum atomic E-state index is 13.7. The van der Waals surface area contributed by atoms with Crippen molar-refractivity contribution in [2.75, 3.05) is 12.4 Å². The lowest BCUT2D eigenvalue weighted by Crippen LogP contribution is -2.21. The molecule has 3 aromatic heterocycles. The predicted molar refractivity (Wildman–Crippen MR) is 109 cm³/mol. The smallest absolute Gasteiger partial charge is 0.160 e. The van der Waals surface area contributed by atoms with Gasteiger partial charge in [-0.25, -0.2) is 9.37 Å². The highest BCUT2D eigenvalue weighted by Crippen LogP contribution is 2.30. The van der Waals surface area contributed by atoms with Crippen molar-refractivity contribution in [3.8, 4) is 17.0 Å². The molecule has 4 aromatic rings. The number of hydrogen-bond donors (Lipinski definition) is 1. The predicted octanol–water partition coefficient (Wildman–Crippen LogP) is 3.83. The summed E-state index contributed by atoms with van der Waals surface area (Å²) >= 11 is 0. The fourth-order valence-corrected chi connectivity index (χ4v) is 3.91. The highest BCUT2D eigenvalue weighted by Gasteiger charge is 2.23. The van der Waals surface area contributed by atoms with Crippen molar-refractivity contribution in [2.24, 2.45) is 0 Å². The highest BCUT2D eigenvalue weighted by molar-refractivity contribution is 5.67. The first-order chi connectivity index (χ1) is 14.1. The molecule has 7 heteroatoms. The second-order valence-electron chi connectivity index (χ2n) is 7.37. The van der Waals surface area contributed by atoms with Crippen LogP contribution in [-0.4, -0.2) is 32.7 Å². The van der Waals surface area contributed by atoms with Crippen LogP contribution in [-0.2, 0) is 12.8 Å². The van der Waals surface area contributed by atoms with Gasteiger partial charge in [0.15, 0.2) is 5.65 Å². The lowest BCUT2D eigenvalue weighted by Gasteiger charge is -2.16. The first-order valence-corrected chi connectivity index (χ1v) is 9.49. The molecule has 1 atom stereocenters. The Morgan fingerprint density at radius 3 is 2.79 bits per heavy atom. The molecule has 29 heavy (non-hydrogen) atoms. The fraction of sp³-hybridized carbons (Fsp3) is 0.227. The van der Waals surface area contributed by atoms with E-state index in [0.717, 1.165) is 35.6 Å². The summed E-state index contributed by atoms with van der Waals surface area (Å²) in [4.78, 5) is 8.64. The van der Waals surface area contributed by atoms with Crippen molar-refractivity contribution in [3.63, 3.8) is 0 Å². The Hall–Kier alpha value is -3.48. The minimum Gasteiger partial charge on any atom is -0.497 e. The van der Waals surface area contributed by atoms with Crippen molar-refractivity contribution < 1.29 is 9.13 Å². The van der Waals surface area contributed by atoms with E-state index in [1.54, 1.807) is 24.0 Å². The normalized spacial score (nSPS) is 15.5. The van der Waals surface area contributed by atoms with Gasteiger partial charge < -0.3 is 10.1 Å². The van der Waals surface area contributed by atoms with Crippen LogP contribution in [0.1, 0.15) is 16.7 Å². The van der Waals surface area contributed by atoms with Gasteiger partial charge >= 0.3 is 0 Å². The third-order valence-electron chi connectivity index (χ3n) is 5.35. The van der Waals surface area contributed by atoms with Crippen LogP contribution in [0.5, 0.6) is 5.75 Å². The number of aromatic nitrogens is 4. The topological polar surface area (TPSA) is 64.3 Å². The number of hydrogen-bond acceptors (Lipinski definition) is 5. The SMILES string of the molecule is COc1ccc2c(c1)CC(Nc1cc(-c3cncc(F)c3)nc3c(C)cnn13)C2. The van der Waals surface area contributed by atoms with Gasteiger partial charge in [-0.05, 0) is 49.1 Å². The Bertz CT molecular complexity index is 1220. The molecule has 0 radical (unpaired) electrons. The number of aryl methyl sites for hydroxylation is 1. The zero-order chi connectivity index (χ0) is 20.0. The zero-order valence-electron chi connectivity index (χ0n) is 16.2. The molecule has 5 rings (SSSR count). The molecule has 3 heterocycles. The molecule has 0 aliphatic heterocycles. The first kappa shape index (κ1) is 17.6. The monoisotopic (exact) mass is 389 g/mol. The number of rotatable bonds is 4. The quantitative estimate of drug-likeness (QED) is 0.575. The average molecular weight is 389 g/mol. The number of nitrogens with one attached hydrogen (secondary N) is 1. The number of nitrogens with zero attached hydrogens (tertiary/aromatic N) is 4. The number of anilines is 1. The number of halogens is 1. The van der Waals surface area contributed by atoms with Crippen molar-refractivity contribution in [2.45, 2.75) is 25.8 Å². The number of fused-ring (bicyclic) bond motifs is 2. The van der Waals surface area contributed by atoms with E-state index in [0.29, 0.717) is 11.3 Å². The van der Waals surface area contributed by atoms with Gasteiger partial charge in [-0.3, -0.25) is 4.98 Å². The average Bonchev–Trinajstić information content (AvgIpc) is 3.30. The molecule has 146 valence electrons. The van der Waals surface area contributed by atoms with E-state index < -0.39 is 0 Å². The van der Waals surface area contributed by atoms with E-state index in [9.17, 15) is 4.39 Å². The Balaban J connectivity index is 1.51. The molecule has 1 aliphatic carbocycles. The minimum atomic E-state index is -0.385. The van der Waals surface area contributed by atoms with E-state index in [4.69, 9.17) is 4.74 Å². The molecule has 1 unspecified atom stereocenters. The van der Waals surface area contributed by atoms with Crippen LogP contribution in [0.2, 0.25) is 0 Å². The summed E-state index contributed by atoms with van der Waals surface area (Å²) in [5.74, 6) is 1.32. The molecule has 1 N–H and O–H groups in total. The summed E-state index contributed by atoms with van der Waals surface area (Å²) in [6.45, 7) is 1.96. The number of pyridine rings is 1. The van der Waals surface area contributed by atoms with E-state index in [1.807, 2.05) is 19.1 Å². The van der Waals surface area contributed by atoms with E-state index in [-0.39, 0.29) is 11.9 Å². The van der Waals surface area contributed by atoms with Gasteiger partial charge in [0, 0.05) is 29.4 Å². The van der Waals surface area contributed by atoms with Crippen LogP contribution in [0.25, 0.3) is 16.9 Å². The number of methoxy groups -OCH3 is 1. The summed E-state index contributed by atoms with van der Waals surface area (Å²) in [5, 5.41) is 8.08. The minimum absolute atomic E-state index is 0.227. The summed E-state index contributed by atoms with van der Waals surface area (Å²) in [6, 6.07) is 9.79. The van der Waals surface area contributed by atoms with Crippen LogP contribution < -0.4 is 10.1 Å². The molecule has 0 saturated carbocycles. The van der Waals surface area contributed by atoms with Gasteiger partial charge in [0.2, 0.25) is 0 Å². The van der Waals surface area contributed by atoms with Gasteiger partial charge in [0.05, 0.1) is 25.2 Å². The second kappa shape index (κ2) is 6.84. The lowest BCUT2D eigenvalue weighted by atomic mass is 10.1. The molecule has 0 saturated heterocycles. The van der Waals surface area contributed by atoms with Crippen LogP contribution in [0.15, 0.2) is 48.9 Å². The zero-order valence-corrected chi connectivity index (χ0v) is 16.2. The molecule has 0 amide bonds. The van der Waals surface area contributed by atoms with Crippen LogP contribution in [0, 0.1) is 12.7 Å². The van der Waals surface area contributed by atoms with Gasteiger partial charge in [-0.1, -0.05) is 6.07 Å². The van der Waals surface area contributed by atoms with Gasteiger partial charge in [0.25, 0.3) is 0 Å². The Morgan fingerprint density at radius 1 is 1.10 bits per heavy atom. The van der Waals surface area contributed by atoms with E-state index >= 15 is 0 Å². The molecule has 0 spiro atoms. The molecule has 1 aromatic carbocycles. The maximum Gasteiger partial charge on any atom is 0.160 e. The molecule has 0 fully saturated rings. The summed E-state index contributed by atoms with van der Waals surface area (Å²) in [5.41, 5.74) is 5.60. The van der Waals surface area contributed by atoms with Gasteiger partial charge in [-0.15, -0.1) is 0 Å². The van der Waals surface area contributed by atoms with E-state index in [2.05, 4.69) is 32.5 Å². The van der Waals surface area contributed by atoms with Gasteiger partial charge in [-0.2, -0.15) is 9.61 Å². The Morgan fingerprint density at radius 2 is 1.97 bits per heavy atom. The van der Waals surface area contributed by atoms with Crippen LogP contribution in [0.3, 0.4) is 0 Å². The first-order valence-electron chi connectivity index (χ1n) is 9.49. The summed E-state index contributed by atoms with van der Waals surface area (Å²) in [6.07, 6.45) is 6.41. The highest BCUT2D eigenvalue weighted by atomic mass is 19.1. The van der Waals surface area contributed by atoms with Crippen LogP contribution in [0.4, 0.5) is 10.2 Å². The molecule has 1 aliphatic rings. The van der Waals surface area contributed by atoms with Crippen molar-refractivity contribution in [1.82, 2.24) is 19.6 Å². The third-order valence-corrected chi connectivity index (χ3v) is 5.35. The van der Waals surface area contributed by atoms with Crippen molar-refractivity contribution in [3.05, 3.63) is 71.4 Å². The second-order valence-corrected chi connectivity index (χ2v) is 7.37. The fourth-order valence-electron chi connectivity index (χ4n) is 3.91. The Kier molecular flexibility index (Phi) is 4.16. The molecule has 6 nitrogen and oxygen atoms in total. The summed E-state index contributed by atoms with van der Waals surface area (Å²) < 4.78 is 20.8. The standard InChI is InChI=1S/C22H20FN5O/c1-13-10-25-28-21(9-20(27-22(13)28)16-5-17(23)12-24-11-16)26-18-6-14-3-4-19(29-2)8-15(14)7-18/h3-5,8-12,18,26H,6-7H2,1-2H3. The lowest BCUT2D eigenvalue weighted by molar-refractivity contribution is 0.414. The summed E-state index contributed by atoms with van der Waals surface area (Å²) in [7, 11) is 1.68. The maximum absolute atomic E-state index is 13.7. The van der Waals surface area contributed by atoms with Crippen LogP contribution >= 0.6 is 0 Å². The molecule has 0 bridgehead atoms. The number of benzene rings is 1. The third kappa shape index (κ3) is 3.18. The van der Waals surface area contributed by atoms with Crippen molar-refractivity contribution in [1.29, 1.82) is 0 Å². The molecular weight excluding hydrogens is 369 g/mol. The largest absolute Gasteiger partial charge is 0.497 e. The Labute approximate surface area is 167 Å². The van der Waals surface area contributed by atoms with E-state index in [1.165, 1.54) is 23.4 Å². The number of ether oxygens (including phenoxy) is 1. The van der Waals surface area contributed by atoms with Gasteiger partial charge in [0.1, 0.15) is 17.4 Å². The van der Waals surface area contributed by atoms with Crippen molar-refractivity contribution >= 4 is 11.5 Å². The molecular formula is C22H20FN5O.